The smallest absolute Gasteiger partial charge is 0.447 e. The molecule has 1 fully saturated rings. The number of pyridine rings is 1. The number of methoxy groups -OCH3 is 1. The first kappa shape index (κ1) is 30.8. The van der Waals surface area contributed by atoms with Gasteiger partial charge in [-0.3, -0.25) is 4.40 Å². The molecule has 4 rings (SSSR count). The molecule has 0 amide bonds. The first-order valence-electron chi connectivity index (χ1n) is 12.8. The Kier molecular flexibility index (Phi) is 9.30. The number of hydrogen-bond donors (Lipinski definition) is 2. The molecule has 1 aliphatic heterocycles. The van der Waals surface area contributed by atoms with Gasteiger partial charge in [-0.25, -0.2) is 17.8 Å². The third kappa shape index (κ3) is 7.20. The zero-order valence-electron chi connectivity index (χ0n) is 22.9. The van der Waals surface area contributed by atoms with Crippen LogP contribution in [-0.2, 0) is 9.84 Å². The fourth-order valence-electron chi connectivity index (χ4n) is 4.40. The van der Waals surface area contributed by atoms with Gasteiger partial charge in [0.1, 0.15) is 22.6 Å². The van der Waals surface area contributed by atoms with Crippen LogP contribution in [0.4, 0.5) is 28.9 Å². The summed E-state index contributed by atoms with van der Waals surface area (Å²) in [7, 11) is -0.273. The number of piperidine rings is 1. The Morgan fingerprint density at radius 1 is 1.24 bits per heavy atom. The van der Waals surface area contributed by atoms with Crippen LogP contribution in [0.25, 0.3) is 5.65 Å². The number of sulfone groups is 1. The number of benzene rings is 1. The molecule has 14 heteroatoms. The van der Waals surface area contributed by atoms with Gasteiger partial charge in [0.2, 0.25) is 0 Å². The number of hydrogen-bond acceptors (Lipinski definition) is 8. The molecule has 3 aromatic rings. The molecule has 0 radical (unpaired) electrons. The highest BCUT2D eigenvalue weighted by molar-refractivity contribution is 8.00. The number of nitrogens with one attached hydrogen (secondary N) is 2. The summed E-state index contributed by atoms with van der Waals surface area (Å²) in [4.78, 5) is 6.39. The number of anilines is 2. The van der Waals surface area contributed by atoms with E-state index in [1.165, 1.54) is 29.8 Å². The number of nitrogens with zero attached hydrogens (tertiary/aromatic N) is 3. The predicted molar refractivity (Wildman–Crippen MR) is 152 cm³/mol. The van der Waals surface area contributed by atoms with Crippen LogP contribution < -0.4 is 15.4 Å². The van der Waals surface area contributed by atoms with E-state index >= 15 is 0 Å². The maximum atomic E-state index is 14.7. The molecule has 0 bridgehead atoms. The summed E-state index contributed by atoms with van der Waals surface area (Å²) in [5, 5.41) is 5.32. The van der Waals surface area contributed by atoms with Crippen molar-refractivity contribution >= 4 is 38.6 Å². The zero-order chi connectivity index (χ0) is 29.9. The van der Waals surface area contributed by atoms with E-state index in [0.29, 0.717) is 24.3 Å². The third-order valence-electron chi connectivity index (χ3n) is 6.60. The van der Waals surface area contributed by atoms with Gasteiger partial charge in [0.25, 0.3) is 0 Å². The van der Waals surface area contributed by atoms with Gasteiger partial charge in [0.05, 0.1) is 41.2 Å². The second kappa shape index (κ2) is 12.4. The van der Waals surface area contributed by atoms with Gasteiger partial charge in [0.15, 0.2) is 15.5 Å². The van der Waals surface area contributed by atoms with E-state index in [2.05, 4.69) is 27.5 Å². The Labute approximate surface area is 240 Å². The SMILES string of the molecule is COc1cc(S(=O)(=O)C(C)C)ccc1NCC#Cc1nc2c(N[C@@H]3CCN(C)C[C@@H]3F)cccn2c1SC(F)(F)F. The van der Waals surface area contributed by atoms with Crippen LogP contribution in [0.15, 0.2) is 46.5 Å². The highest BCUT2D eigenvalue weighted by atomic mass is 32.2. The number of likely N-dealkylation sites (tertiary alicyclic amines) is 1. The minimum Gasteiger partial charge on any atom is -0.495 e. The van der Waals surface area contributed by atoms with Gasteiger partial charge < -0.3 is 20.3 Å². The molecule has 1 saturated heterocycles. The summed E-state index contributed by atoms with van der Waals surface area (Å²) in [5.74, 6) is 5.79. The van der Waals surface area contributed by atoms with Gasteiger partial charge in [-0.1, -0.05) is 5.92 Å². The topological polar surface area (TPSA) is 88.0 Å². The molecule has 0 unspecified atom stereocenters. The molecule has 3 heterocycles. The van der Waals surface area contributed by atoms with Crippen LogP contribution in [0.5, 0.6) is 5.75 Å². The minimum atomic E-state index is -4.59. The quantitative estimate of drug-likeness (QED) is 0.207. The lowest BCUT2D eigenvalue weighted by Gasteiger charge is -2.33. The van der Waals surface area contributed by atoms with Crippen LogP contribution in [0.1, 0.15) is 26.0 Å². The Hall–Kier alpha value is -3.15. The number of halogens is 4. The number of ether oxygens (including phenoxy) is 1. The van der Waals surface area contributed by atoms with Crippen molar-refractivity contribution in [1.82, 2.24) is 14.3 Å². The lowest BCUT2D eigenvalue weighted by atomic mass is 10.0. The average molecular weight is 614 g/mol. The minimum absolute atomic E-state index is 0.0147. The number of aromatic nitrogens is 2. The molecule has 2 aromatic heterocycles. The van der Waals surface area contributed by atoms with Crippen LogP contribution in [0, 0.1) is 11.8 Å². The van der Waals surface area contributed by atoms with E-state index in [1.54, 1.807) is 32.0 Å². The van der Waals surface area contributed by atoms with Crippen molar-refractivity contribution in [1.29, 1.82) is 0 Å². The summed E-state index contributed by atoms with van der Waals surface area (Å²) < 4.78 is 86.7. The molecule has 0 saturated carbocycles. The number of rotatable bonds is 8. The second-order valence-electron chi connectivity index (χ2n) is 9.86. The van der Waals surface area contributed by atoms with Gasteiger partial charge >= 0.3 is 5.51 Å². The van der Waals surface area contributed by atoms with Gasteiger partial charge in [-0.05, 0) is 57.5 Å². The Morgan fingerprint density at radius 2 is 2.00 bits per heavy atom. The van der Waals surface area contributed by atoms with Crippen molar-refractivity contribution in [2.24, 2.45) is 0 Å². The summed E-state index contributed by atoms with van der Waals surface area (Å²) in [6, 6.07) is 7.15. The highest BCUT2D eigenvalue weighted by Gasteiger charge is 2.34. The number of fused-ring (bicyclic) bond motifs is 1. The number of imidazole rings is 1. The largest absolute Gasteiger partial charge is 0.495 e. The molecule has 0 spiro atoms. The summed E-state index contributed by atoms with van der Waals surface area (Å²) in [5.41, 5.74) is -3.56. The molecule has 1 aromatic carbocycles. The number of alkyl halides is 4. The fourth-order valence-corrected chi connectivity index (χ4v) is 6.13. The molecular formula is C27H31F4N5O3S2. The van der Waals surface area contributed by atoms with Crippen molar-refractivity contribution in [3.8, 4) is 17.6 Å². The molecule has 2 atom stereocenters. The van der Waals surface area contributed by atoms with Crippen molar-refractivity contribution < 1.29 is 30.7 Å². The van der Waals surface area contributed by atoms with E-state index in [1.807, 2.05) is 11.9 Å². The van der Waals surface area contributed by atoms with Gasteiger partial charge in [-0.15, -0.1) is 0 Å². The summed E-state index contributed by atoms with van der Waals surface area (Å²) >= 11 is -0.322. The lowest BCUT2D eigenvalue weighted by molar-refractivity contribution is -0.0329. The predicted octanol–water partition coefficient (Wildman–Crippen LogP) is 5.05. The summed E-state index contributed by atoms with van der Waals surface area (Å²) in [6.07, 6.45) is 0.856. The van der Waals surface area contributed by atoms with Gasteiger partial charge in [-0.2, -0.15) is 13.2 Å². The Bertz CT molecular complexity index is 1560. The maximum Gasteiger partial charge on any atom is 0.447 e. The Morgan fingerprint density at radius 3 is 2.66 bits per heavy atom. The van der Waals surface area contributed by atoms with Gasteiger partial charge in [0, 0.05) is 37.1 Å². The van der Waals surface area contributed by atoms with Crippen LogP contribution >= 0.6 is 11.8 Å². The lowest BCUT2D eigenvalue weighted by Crippen LogP contribution is -2.46. The number of thioether (sulfide) groups is 1. The standard InChI is InChI=1S/C27H31F4N5O3S2/c1-17(2)41(37,38)18-9-10-21(24(15-18)39-4)32-12-5-7-23-26(40-27(29,30)31)36-13-6-8-22(25(36)34-23)33-20-11-14-35(3)16-19(20)28/h6,8-10,13,15,17,19-20,32-33H,11-12,14,16H2,1-4H3/t19-,20+/m0/s1. The van der Waals surface area contributed by atoms with E-state index in [-0.39, 0.29) is 51.9 Å². The van der Waals surface area contributed by atoms with E-state index < -0.39 is 32.8 Å². The Balaban J connectivity index is 1.60. The highest BCUT2D eigenvalue weighted by Crippen LogP contribution is 2.39. The molecule has 1 aliphatic rings. The van der Waals surface area contributed by atoms with Crippen molar-refractivity contribution in [2.75, 3.05) is 44.4 Å². The third-order valence-corrected chi connectivity index (χ3v) is 9.57. The van der Waals surface area contributed by atoms with E-state index in [9.17, 15) is 26.0 Å². The van der Waals surface area contributed by atoms with Crippen LogP contribution in [-0.4, -0.2) is 79.5 Å². The maximum absolute atomic E-state index is 14.7. The normalized spacial score (nSPS) is 18.3. The second-order valence-corrected chi connectivity index (χ2v) is 13.4. The zero-order valence-corrected chi connectivity index (χ0v) is 24.6. The van der Waals surface area contributed by atoms with Crippen LogP contribution in [0.2, 0.25) is 0 Å². The molecule has 222 valence electrons. The average Bonchev–Trinajstić information content (AvgIpc) is 3.24. The molecule has 8 nitrogen and oxygen atoms in total. The van der Waals surface area contributed by atoms with E-state index in [4.69, 9.17) is 4.74 Å². The molecule has 2 N–H and O–H groups in total. The first-order valence-corrected chi connectivity index (χ1v) is 15.2. The van der Waals surface area contributed by atoms with E-state index in [0.717, 1.165) is 0 Å². The fraction of sp³-hybridized carbons (Fsp3) is 0.444. The van der Waals surface area contributed by atoms with Crippen molar-refractivity contribution in [2.45, 2.75) is 53.2 Å². The van der Waals surface area contributed by atoms with Crippen LogP contribution in [0.3, 0.4) is 0 Å². The first-order chi connectivity index (χ1) is 19.3. The summed E-state index contributed by atoms with van der Waals surface area (Å²) in [6.45, 7) is 4.13. The molecular weight excluding hydrogens is 582 g/mol. The van der Waals surface area contributed by atoms with Crippen molar-refractivity contribution in [3.05, 3.63) is 42.2 Å². The molecule has 41 heavy (non-hydrogen) atoms. The molecule has 0 aliphatic carbocycles. The monoisotopic (exact) mass is 613 g/mol. The van der Waals surface area contributed by atoms with Crippen molar-refractivity contribution in [3.63, 3.8) is 0 Å².